The Balaban J connectivity index is 1.51. The smallest absolute Gasteiger partial charge is 0.335 e. The molecular formula is C37H44O13. The highest BCUT2D eigenvalue weighted by atomic mass is 16.8. The highest BCUT2D eigenvalue weighted by Gasteiger charge is 2.57. The second-order valence-electron chi connectivity index (χ2n) is 12.3. The van der Waals surface area contributed by atoms with Gasteiger partial charge in [0.2, 0.25) is 0 Å². The van der Waals surface area contributed by atoms with Gasteiger partial charge in [-0.25, -0.2) is 4.79 Å². The minimum absolute atomic E-state index is 0.0697. The monoisotopic (exact) mass is 696 g/mol. The highest BCUT2D eigenvalue weighted by molar-refractivity contribution is 5.73. The Morgan fingerprint density at radius 3 is 1.84 bits per heavy atom. The van der Waals surface area contributed by atoms with E-state index in [1.807, 2.05) is 91.0 Å². The van der Waals surface area contributed by atoms with Gasteiger partial charge in [-0.2, -0.15) is 0 Å². The van der Waals surface area contributed by atoms with Crippen LogP contribution in [0.4, 0.5) is 0 Å². The molecule has 13 nitrogen and oxygen atoms in total. The van der Waals surface area contributed by atoms with Crippen molar-refractivity contribution in [2.24, 2.45) is 0 Å². The van der Waals surface area contributed by atoms with Crippen LogP contribution >= 0.6 is 0 Å². The van der Waals surface area contributed by atoms with Crippen molar-refractivity contribution in [1.29, 1.82) is 0 Å². The van der Waals surface area contributed by atoms with Crippen molar-refractivity contribution in [3.8, 4) is 0 Å². The van der Waals surface area contributed by atoms with Crippen molar-refractivity contribution in [3.63, 3.8) is 0 Å². The molecule has 50 heavy (non-hydrogen) atoms. The molecule has 5 rings (SSSR count). The Morgan fingerprint density at radius 2 is 1.32 bits per heavy atom. The number of carboxylic acids is 1. The number of rotatable bonds is 15. The Kier molecular flexibility index (Phi) is 13.1. The summed E-state index contributed by atoms with van der Waals surface area (Å²) in [6.07, 6.45) is -12.3. The lowest BCUT2D eigenvalue weighted by atomic mass is 9.92. The fraction of sp³-hybridized carbons (Fsp3) is 0.459. The lowest BCUT2D eigenvalue weighted by molar-refractivity contribution is -0.388. The number of carbonyl (C=O) groups excluding carboxylic acids is 1. The molecule has 3 aromatic carbocycles. The third-order valence-electron chi connectivity index (χ3n) is 8.49. The van der Waals surface area contributed by atoms with Crippen molar-refractivity contribution in [2.75, 3.05) is 13.7 Å². The quantitative estimate of drug-likeness (QED) is 0.199. The minimum atomic E-state index is -1.94. The number of aliphatic hydroxyl groups excluding tert-OH is 1. The van der Waals surface area contributed by atoms with Gasteiger partial charge < -0.3 is 53.2 Å². The third kappa shape index (κ3) is 9.51. The van der Waals surface area contributed by atoms with E-state index in [1.165, 1.54) is 14.0 Å². The van der Waals surface area contributed by atoms with Gasteiger partial charge >= 0.3 is 11.9 Å². The molecule has 0 radical (unpaired) electrons. The average molecular weight is 697 g/mol. The summed E-state index contributed by atoms with van der Waals surface area (Å²) in [5.74, 6) is -4.17. The summed E-state index contributed by atoms with van der Waals surface area (Å²) >= 11 is 0. The van der Waals surface area contributed by atoms with E-state index >= 15 is 0 Å². The molecule has 3 N–H and O–H groups in total. The molecule has 0 spiro atoms. The third-order valence-corrected chi connectivity index (χ3v) is 8.49. The van der Waals surface area contributed by atoms with Crippen LogP contribution in [0.3, 0.4) is 0 Å². The first-order valence-corrected chi connectivity index (χ1v) is 16.3. The molecule has 0 unspecified atom stereocenters. The van der Waals surface area contributed by atoms with E-state index < -0.39 is 72.8 Å². The first-order chi connectivity index (χ1) is 24.1. The number of esters is 1. The SMILES string of the molecule is CO[C@H]1[C@H](O)[C@H](C(=O)O)O[C@@H](O[C@H]2[C@H](OCc3ccccc3)[C@@H](OCc3ccccc3)[C@](C)(O)O[C@@H]2COCc2ccccc2)[C@@H]1OC(C)=O. The summed E-state index contributed by atoms with van der Waals surface area (Å²) in [5.41, 5.74) is 2.53. The molecule has 10 atom stereocenters. The molecule has 270 valence electrons. The fourth-order valence-corrected chi connectivity index (χ4v) is 6.13. The Morgan fingerprint density at radius 1 is 0.780 bits per heavy atom. The van der Waals surface area contributed by atoms with Gasteiger partial charge in [-0.1, -0.05) is 91.0 Å². The Labute approximate surface area is 290 Å². The Bertz CT molecular complexity index is 1490. The maximum Gasteiger partial charge on any atom is 0.335 e. The van der Waals surface area contributed by atoms with Crippen molar-refractivity contribution in [3.05, 3.63) is 108 Å². The summed E-state index contributed by atoms with van der Waals surface area (Å²) in [5, 5.41) is 32.6. The molecule has 0 saturated carbocycles. The largest absolute Gasteiger partial charge is 0.479 e. The number of ether oxygens (including phenoxy) is 8. The molecule has 13 heteroatoms. The van der Waals surface area contributed by atoms with Crippen LogP contribution in [0.25, 0.3) is 0 Å². The van der Waals surface area contributed by atoms with Crippen molar-refractivity contribution in [2.45, 2.75) is 94.6 Å². The van der Waals surface area contributed by atoms with Crippen molar-refractivity contribution < 1.29 is 62.8 Å². The second kappa shape index (κ2) is 17.4. The van der Waals surface area contributed by atoms with E-state index in [2.05, 4.69) is 0 Å². The van der Waals surface area contributed by atoms with E-state index in [1.54, 1.807) is 0 Å². The van der Waals surface area contributed by atoms with E-state index in [9.17, 15) is 24.9 Å². The van der Waals surface area contributed by atoms with Crippen LogP contribution in [0, 0.1) is 0 Å². The van der Waals surface area contributed by atoms with E-state index in [-0.39, 0.29) is 26.4 Å². The van der Waals surface area contributed by atoms with Gasteiger partial charge in [0.25, 0.3) is 0 Å². The van der Waals surface area contributed by atoms with Crippen LogP contribution < -0.4 is 0 Å². The van der Waals surface area contributed by atoms with Gasteiger partial charge in [-0.3, -0.25) is 4.79 Å². The predicted octanol–water partition coefficient (Wildman–Crippen LogP) is 2.98. The van der Waals surface area contributed by atoms with Crippen LogP contribution in [-0.4, -0.2) is 102 Å². The molecule has 2 aliphatic rings. The minimum Gasteiger partial charge on any atom is -0.479 e. The normalized spacial score (nSPS) is 31.2. The molecule has 2 aliphatic heterocycles. The number of hydrogen-bond acceptors (Lipinski definition) is 12. The van der Waals surface area contributed by atoms with Gasteiger partial charge in [0.05, 0.1) is 26.4 Å². The topological polar surface area (TPSA) is 169 Å². The van der Waals surface area contributed by atoms with Gasteiger partial charge in [0, 0.05) is 14.0 Å². The molecule has 2 fully saturated rings. The van der Waals surface area contributed by atoms with Crippen LogP contribution in [0.15, 0.2) is 91.0 Å². The number of aliphatic carboxylic acids is 1. The van der Waals surface area contributed by atoms with Gasteiger partial charge in [0.1, 0.15) is 36.6 Å². The first-order valence-electron chi connectivity index (χ1n) is 16.3. The second-order valence-corrected chi connectivity index (χ2v) is 12.3. The van der Waals surface area contributed by atoms with Crippen LogP contribution in [-0.2, 0) is 67.3 Å². The zero-order chi connectivity index (χ0) is 35.7. The summed E-state index contributed by atoms with van der Waals surface area (Å²) in [7, 11) is 1.24. The van der Waals surface area contributed by atoms with Gasteiger partial charge in [-0.05, 0) is 23.6 Å². The zero-order valence-electron chi connectivity index (χ0n) is 28.1. The number of carboxylic acid groups (broad SMARTS) is 1. The standard InChI is InChI=1S/C37H44O13/c1-23(38)47-33-30(43-3)28(39)31(35(40)41)49-36(33)48-29-27(22-44-19-24-13-7-4-8-14-24)50-37(2,42)34(46-21-26-17-11-6-12-18-26)32(29)45-20-25-15-9-5-10-16-25/h4-18,27-34,36,39,42H,19-22H2,1-3H3,(H,40,41)/t27-,28+,29-,30+,31-,32+,33-,34-,36-,37-/m1/s1. The number of carbonyl (C=O) groups is 2. The zero-order valence-corrected chi connectivity index (χ0v) is 28.1. The molecule has 0 bridgehead atoms. The Hall–Kier alpha value is -3.76. The van der Waals surface area contributed by atoms with Crippen molar-refractivity contribution in [1.82, 2.24) is 0 Å². The summed E-state index contributed by atoms with van der Waals surface area (Å²) in [4.78, 5) is 24.4. The van der Waals surface area contributed by atoms with E-state index in [0.717, 1.165) is 23.6 Å². The molecule has 2 saturated heterocycles. The first kappa shape index (κ1) is 37.5. The number of hydrogen-bond donors (Lipinski definition) is 3. The van der Waals surface area contributed by atoms with Gasteiger partial charge in [-0.15, -0.1) is 0 Å². The highest BCUT2D eigenvalue weighted by Crippen LogP contribution is 2.37. The summed E-state index contributed by atoms with van der Waals surface area (Å²) < 4.78 is 48.4. The van der Waals surface area contributed by atoms with Crippen LogP contribution in [0.5, 0.6) is 0 Å². The lowest BCUT2D eigenvalue weighted by Gasteiger charge is -2.51. The maximum absolute atomic E-state index is 12.2. The fourth-order valence-electron chi connectivity index (χ4n) is 6.13. The lowest BCUT2D eigenvalue weighted by Crippen LogP contribution is -2.69. The summed E-state index contributed by atoms with van der Waals surface area (Å²) in [6.45, 7) is 2.84. The number of methoxy groups -OCH3 is 1. The van der Waals surface area contributed by atoms with Gasteiger partial charge in [0.15, 0.2) is 24.3 Å². The summed E-state index contributed by atoms with van der Waals surface area (Å²) in [6, 6.07) is 28.1. The molecule has 0 aliphatic carbocycles. The van der Waals surface area contributed by atoms with Crippen LogP contribution in [0.1, 0.15) is 30.5 Å². The average Bonchev–Trinajstić information content (AvgIpc) is 3.10. The van der Waals surface area contributed by atoms with Crippen molar-refractivity contribution >= 4 is 11.9 Å². The molecular weight excluding hydrogens is 652 g/mol. The van der Waals surface area contributed by atoms with Crippen LogP contribution in [0.2, 0.25) is 0 Å². The van der Waals surface area contributed by atoms with E-state index in [0.29, 0.717) is 0 Å². The van der Waals surface area contributed by atoms with E-state index in [4.69, 9.17) is 37.9 Å². The molecule has 2 heterocycles. The molecule has 0 aromatic heterocycles. The maximum atomic E-state index is 12.2. The molecule has 3 aromatic rings. The number of aliphatic hydroxyl groups is 2. The predicted molar refractivity (Wildman–Crippen MR) is 175 cm³/mol. The molecule has 0 amide bonds. The number of benzene rings is 3.